The normalized spacial score (nSPS) is 10.6. The van der Waals surface area contributed by atoms with Crippen molar-refractivity contribution >= 4 is 46.3 Å². The minimum atomic E-state index is -0.402. The molecule has 0 bridgehead atoms. The van der Waals surface area contributed by atoms with Gasteiger partial charge in [0, 0.05) is 11.3 Å². The lowest BCUT2D eigenvalue weighted by atomic mass is 10.2. The molecule has 2 amide bonds. The third-order valence-electron chi connectivity index (χ3n) is 5.04. The van der Waals surface area contributed by atoms with E-state index in [1.54, 1.807) is 30.3 Å². The zero-order valence-electron chi connectivity index (χ0n) is 21.0. The molecule has 9 nitrogen and oxygen atoms in total. The van der Waals surface area contributed by atoms with Gasteiger partial charge >= 0.3 is 0 Å². The van der Waals surface area contributed by atoms with E-state index in [1.165, 1.54) is 20.4 Å². The van der Waals surface area contributed by atoms with Crippen molar-refractivity contribution in [3.63, 3.8) is 0 Å². The second-order valence-electron chi connectivity index (χ2n) is 7.73. The highest BCUT2D eigenvalue weighted by Crippen LogP contribution is 2.33. The van der Waals surface area contributed by atoms with E-state index in [9.17, 15) is 9.59 Å². The summed E-state index contributed by atoms with van der Waals surface area (Å²) < 4.78 is 22.7. The Morgan fingerprint density at radius 3 is 2.35 bits per heavy atom. The van der Waals surface area contributed by atoms with Crippen molar-refractivity contribution in [2.75, 3.05) is 32.8 Å². The molecule has 0 aliphatic rings. The van der Waals surface area contributed by atoms with Gasteiger partial charge in [-0.15, -0.1) is 0 Å². The summed E-state index contributed by atoms with van der Waals surface area (Å²) >= 11 is 2.09. The molecule has 0 radical (unpaired) electrons. The highest BCUT2D eigenvalue weighted by atomic mass is 127. The van der Waals surface area contributed by atoms with E-state index in [2.05, 4.69) is 38.4 Å². The number of nitrogens with one attached hydrogen (secondary N) is 2. The smallest absolute Gasteiger partial charge is 0.271 e. The van der Waals surface area contributed by atoms with Crippen molar-refractivity contribution in [1.29, 1.82) is 0 Å². The topological polar surface area (TPSA) is 107 Å². The molecule has 10 heteroatoms. The van der Waals surface area contributed by atoms with Gasteiger partial charge in [-0.2, -0.15) is 5.10 Å². The van der Waals surface area contributed by atoms with Crippen LogP contribution in [0.3, 0.4) is 0 Å². The van der Waals surface area contributed by atoms with Crippen molar-refractivity contribution in [2.45, 2.75) is 13.8 Å². The summed E-state index contributed by atoms with van der Waals surface area (Å²) in [7, 11) is 3.04. The number of hydrazone groups is 1. The maximum atomic E-state index is 12.5. The second kappa shape index (κ2) is 13.5. The van der Waals surface area contributed by atoms with Crippen LogP contribution in [-0.2, 0) is 4.79 Å². The first-order valence-corrected chi connectivity index (χ1v) is 12.4. The number of benzene rings is 3. The van der Waals surface area contributed by atoms with Crippen LogP contribution in [0, 0.1) is 10.5 Å². The van der Waals surface area contributed by atoms with E-state index in [0.29, 0.717) is 50.0 Å². The van der Waals surface area contributed by atoms with Gasteiger partial charge in [-0.05, 0) is 84.5 Å². The minimum Gasteiger partial charge on any atom is -0.493 e. The summed E-state index contributed by atoms with van der Waals surface area (Å²) in [6, 6.07) is 15.9. The van der Waals surface area contributed by atoms with E-state index in [4.69, 9.17) is 18.9 Å². The molecule has 0 saturated carbocycles. The summed E-state index contributed by atoms with van der Waals surface area (Å²) in [5.41, 5.74) is 5.34. The molecule has 3 aromatic rings. The molecular formula is C27H28IN3O6. The number of hydrogen-bond donors (Lipinski definition) is 2. The van der Waals surface area contributed by atoms with Crippen LogP contribution in [-0.4, -0.2) is 45.5 Å². The van der Waals surface area contributed by atoms with Crippen molar-refractivity contribution < 1.29 is 28.5 Å². The maximum absolute atomic E-state index is 12.5. The van der Waals surface area contributed by atoms with E-state index in [1.807, 2.05) is 38.1 Å². The van der Waals surface area contributed by atoms with Crippen molar-refractivity contribution in [2.24, 2.45) is 5.10 Å². The largest absolute Gasteiger partial charge is 0.493 e. The van der Waals surface area contributed by atoms with Gasteiger partial charge in [0.1, 0.15) is 0 Å². The van der Waals surface area contributed by atoms with Crippen LogP contribution in [0.4, 0.5) is 5.69 Å². The molecule has 0 saturated heterocycles. The Morgan fingerprint density at radius 1 is 0.946 bits per heavy atom. The molecule has 0 heterocycles. The van der Waals surface area contributed by atoms with Gasteiger partial charge in [0.05, 0.1) is 30.6 Å². The fraction of sp³-hybridized carbons (Fsp3) is 0.222. The number of nitrogens with zero attached hydrogens (tertiary/aromatic N) is 1. The van der Waals surface area contributed by atoms with Crippen LogP contribution in [0.2, 0.25) is 0 Å². The molecule has 0 aliphatic carbocycles. The van der Waals surface area contributed by atoms with Gasteiger partial charge in [0.2, 0.25) is 0 Å². The van der Waals surface area contributed by atoms with Crippen LogP contribution >= 0.6 is 22.6 Å². The Kier molecular flexibility index (Phi) is 10.1. The molecule has 0 fully saturated rings. The molecule has 0 unspecified atom stereocenters. The van der Waals surface area contributed by atoms with Crippen molar-refractivity contribution in [1.82, 2.24) is 5.43 Å². The zero-order valence-corrected chi connectivity index (χ0v) is 23.1. The minimum absolute atomic E-state index is 0.185. The van der Waals surface area contributed by atoms with Gasteiger partial charge in [0.25, 0.3) is 11.8 Å². The summed E-state index contributed by atoms with van der Waals surface area (Å²) in [5, 5.41) is 6.84. The highest BCUT2D eigenvalue weighted by molar-refractivity contribution is 14.1. The molecule has 194 valence electrons. The average molecular weight is 617 g/mol. The van der Waals surface area contributed by atoms with Gasteiger partial charge in [0.15, 0.2) is 29.6 Å². The molecule has 0 spiro atoms. The van der Waals surface area contributed by atoms with Crippen LogP contribution in [0.5, 0.6) is 23.0 Å². The lowest BCUT2D eigenvalue weighted by molar-refractivity contribution is -0.118. The quantitative estimate of drug-likeness (QED) is 0.182. The lowest BCUT2D eigenvalue weighted by Gasteiger charge is -2.13. The molecule has 0 aliphatic heterocycles. The number of amides is 2. The van der Waals surface area contributed by atoms with Crippen molar-refractivity contribution in [3.05, 3.63) is 74.9 Å². The van der Waals surface area contributed by atoms with Crippen LogP contribution < -0.4 is 29.7 Å². The predicted molar refractivity (Wildman–Crippen MR) is 150 cm³/mol. The van der Waals surface area contributed by atoms with E-state index in [0.717, 1.165) is 5.56 Å². The predicted octanol–water partition coefficient (Wildman–Crippen LogP) is 4.80. The van der Waals surface area contributed by atoms with Gasteiger partial charge in [-0.25, -0.2) is 5.43 Å². The number of aryl methyl sites for hydroxylation is 1. The summed E-state index contributed by atoms with van der Waals surface area (Å²) in [4.78, 5) is 24.8. The van der Waals surface area contributed by atoms with Crippen LogP contribution in [0.15, 0.2) is 59.7 Å². The first-order valence-electron chi connectivity index (χ1n) is 11.4. The average Bonchev–Trinajstić information content (AvgIpc) is 2.89. The fourth-order valence-electron chi connectivity index (χ4n) is 3.24. The van der Waals surface area contributed by atoms with Crippen LogP contribution in [0.25, 0.3) is 0 Å². The molecule has 0 aromatic heterocycles. The number of halogens is 1. The Bertz CT molecular complexity index is 1280. The molecule has 0 atom stereocenters. The summed E-state index contributed by atoms with van der Waals surface area (Å²) in [6.07, 6.45) is 1.49. The lowest BCUT2D eigenvalue weighted by Crippen LogP contribution is -2.20. The van der Waals surface area contributed by atoms with E-state index < -0.39 is 5.91 Å². The SMILES string of the molecule is CCOc1cc(C(=O)N/N=C/c2cc(I)c(OCC(=O)Nc3ccc(C)cc3)c(OC)c2)ccc1OC. The fourth-order valence-corrected chi connectivity index (χ4v) is 4.02. The van der Waals surface area contributed by atoms with E-state index in [-0.39, 0.29) is 12.5 Å². The number of carbonyl (C=O) groups excluding carboxylic acids is 2. The maximum Gasteiger partial charge on any atom is 0.271 e. The molecule has 37 heavy (non-hydrogen) atoms. The van der Waals surface area contributed by atoms with Crippen molar-refractivity contribution in [3.8, 4) is 23.0 Å². The Balaban J connectivity index is 1.63. The number of ether oxygens (including phenoxy) is 4. The summed E-state index contributed by atoms with van der Waals surface area (Å²) in [5.74, 6) is 1.19. The van der Waals surface area contributed by atoms with E-state index >= 15 is 0 Å². The zero-order chi connectivity index (χ0) is 26.8. The second-order valence-corrected chi connectivity index (χ2v) is 8.90. The third kappa shape index (κ3) is 7.84. The third-order valence-corrected chi connectivity index (χ3v) is 5.84. The van der Waals surface area contributed by atoms with Crippen LogP contribution in [0.1, 0.15) is 28.4 Å². The Labute approximate surface area is 229 Å². The standard InChI is InChI=1S/C27H28IN3O6/c1-5-36-23-14-19(8-11-22(23)34-3)27(33)31-29-15-18-12-21(28)26(24(13-18)35-4)37-16-25(32)30-20-9-6-17(2)7-10-20/h6-15H,5,16H2,1-4H3,(H,30,32)(H,31,33)/b29-15+. The Morgan fingerprint density at radius 2 is 1.68 bits per heavy atom. The van der Waals surface area contributed by atoms with Gasteiger partial charge < -0.3 is 24.3 Å². The Hall–Kier alpha value is -3.80. The first kappa shape index (κ1) is 27.8. The first-order chi connectivity index (χ1) is 17.8. The van der Waals surface area contributed by atoms with Gasteiger partial charge in [-0.3, -0.25) is 9.59 Å². The highest BCUT2D eigenvalue weighted by Gasteiger charge is 2.14. The number of carbonyl (C=O) groups is 2. The number of anilines is 1. The number of hydrogen-bond acceptors (Lipinski definition) is 7. The monoisotopic (exact) mass is 617 g/mol. The molecule has 3 aromatic carbocycles. The molecular weight excluding hydrogens is 589 g/mol. The summed E-state index contributed by atoms with van der Waals surface area (Å²) in [6.45, 7) is 4.08. The number of rotatable bonds is 11. The van der Waals surface area contributed by atoms with Gasteiger partial charge in [-0.1, -0.05) is 17.7 Å². The molecule has 3 rings (SSSR count). The number of methoxy groups -OCH3 is 2. The molecule has 2 N–H and O–H groups in total.